The molecule has 1 aromatic heterocycles. The van der Waals surface area contributed by atoms with E-state index >= 15 is 0 Å². The average molecular weight is 289 g/mol. The highest BCUT2D eigenvalue weighted by Crippen LogP contribution is 2.25. The molecule has 0 unspecified atom stereocenters. The number of amides is 1. The highest BCUT2D eigenvalue weighted by Gasteiger charge is 2.21. The topological polar surface area (TPSA) is 82.7 Å². The Kier molecular flexibility index (Phi) is 3.98. The molecule has 0 bridgehead atoms. The Morgan fingerprint density at radius 3 is 2.80 bits per heavy atom. The van der Waals surface area contributed by atoms with Gasteiger partial charge in [0.25, 0.3) is 0 Å². The molecule has 1 amide bonds. The Bertz CT molecular complexity index is 565. The van der Waals surface area contributed by atoms with Crippen LogP contribution in [0.3, 0.4) is 0 Å². The summed E-state index contributed by atoms with van der Waals surface area (Å²) in [4.78, 5) is 16.8. The summed E-state index contributed by atoms with van der Waals surface area (Å²) in [5, 5.41) is 13.4. The van der Waals surface area contributed by atoms with Crippen molar-refractivity contribution in [1.29, 1.82) is 0 Å². The van der Waals surface area contributed by atoms with Crippen LogP contribution in [0.5, 0.6) is 0 Å². The first-order valence-electron chi connectivity index (χ1n) is 6.46. The normalized spacial score (nSPS) is 14.2. The van der Waals surface area contributed by atoms with Crippen molar-refractivity contribution < 1.29 is 4.79 Å². The van der Waals surface area contributed by atoms with Crippen LogP contribution >= 0.6 is 11.8 Å². The van der Waals surface area contributed by atoms with Gasteiger partial charge in [-0.2, -0.15) is 5.10 Å². The van der Waals surface area contributed by atoms with E-state index in [2.05, 4.69) is 25.8 Å². The smallest absolute Gasteiger partial charge is 0.238 e. The van der Waals surface area contributed by atoms with Crippen LogP contribution in [0.25, 0.3) is 0 Å². The second kappa shape index (κ2) is 6.06. The van der Waals surface area contributed by atoms with Gasteiger partial charge in [-0.1, -0.05) is 11.8 Å². The fourth-order valence-electron chi connectivity index (χ4n) is 1.69. The summed E-state index contributed by atoms with van der Waals surface area (Å²) >= 11 is 1.49. The van der Waals surface area contributed by atoms with Crippen molar-refractivity contribution in [2.24, 2.45) is 0 Å². The summed E-state index contributed by atoms with van der Waals surface area (Å²) in [6.07, 6.45) is 3.84. The van der Waals surface area contributed by atoms with Gasteiger partial charge in [0.2, 0.25) is 5.91 Å². The van der Waals surface area contributed by atoms with Gasteiger partial charge in [0.05, 0.1) is 6.54 Å². The third kappa shape index (κ3) is 3.82. The average Bonchev–Trinajstić information content (AvgIpc) is 3.15. The predicted octanol–water partition coefficient (Wildman–Crippen LogP) is 1.65. The van der Waals surface area contributed by atoms with E-state index in [9.17, 15) is 4.79 Å². The van der Waals surface area contributed by atoms with Crippen molar-refractivity contribution in [1.82, 2.24) is 20.5 Å². The number of aromatic nitrogens is 3. The molecule has 0 spiro atoms. The summed E-state index contributed by atoms with van der Waals surface area (Å²) in [6, 6.07) is 8.19. The molecular weight excluding hydrogens is 274 g/mol. The molecule has 7 heteroatoms. The lowest BCUT2D eigenvalue weighted by atomic mass is 10.3. The van der Waals surface area contributed by atoms with E-state index in [-0.39, 0.29) is 5.91 Å². The molecule has 3 rings (SSSR count). The summed E-state index contributed by atoms with van der Waals surface area (Å²) < 4.78 is 0. The molecule has 0 radical (unpaired) electrons. The van der Waals surface area contributed by atoms with E-state index in [0.717, 1.165) is 15.7 Å². The van der Waals surface area contributed by atoms with Crippen molar-refractivity contribution in [3.8, 4) is 0 Å². The van der Waals surface area contributed by atoms with E-state index in [4.69, 9.17) is 0 Å². The van der Waals surface area contributed by atoms with Crippen LogP contribution in [0.4, 0.5) is 5.69 Å². The summed E-state index contributed by atoms with van der Waals surface area (Å²) in [5.41, 5.74) is 0.800. The molecule has 1 aromatic carbocycles. The Hall–Kier alpha value is -1.86. The molecule has 1 aliphatic carbocycles. The SMILES string of the molecule is O=C(CNC1CC1)Nc1ccc(Sc2ncn[nH]2)cc1. The fraction of sp³-hybridized carbons (Fsp3) is 0.308. The number of hydrogen-bond donors (Lipinski definition) is 3. The van der Waals surface area contributed by atoms with Crippen LogP contribution < -0.4 is 10.6 Å². The minimum Gasteiger partial charge on any atom is -0.325 e. The fourth-order valence-corrected chi connectivity index (χ4v) is 2.38. The maximum atomic E-state index is 11.7. The number of anilines is 1. The van der Waals surface area contributed by atoms with Crippen molar-refractivity contribution in [3.63, 3.8) is 0 Å². The van der Waals surface area contributed by atoms with Gasteiger partial charge in [-0.15, -0.1) is 0 Å². The van der Waals surface area contributed by atoms with Crippen LogP contribution in [0, 0.1) is 0 Å². The monoisotopic (exact) mass is 289 g/mol. The molecule has 3 N–H and O–H groups in total. The lowest BCUT2D eigenvalue weighted by Gasteiger charge is -2.06. The Morgan fingerprint density at radius 1 is 1.35 bits per heavy atom. The van der Waals surface area contributed by atoms with Crippen molar-refractivity contribution in [2.75, 3.05) is 11.9 Å². The largest absolute Gasteiger partial charge is 0.325 e. The van der Waals surface area contributed by atoms with Gasteiger partial charge in [-0.3, -0.25) is 9.89 Å². The van der Waals surface area contributed by atoms with E-state index in [1.807, 2.05) is 24.3 Å². The van der Waals surface area contributed by atoms with Crippen LogP contribution in [-0.2, 0) is 4.79 Å². The number of hydrogen-bond acceptors (Lipinski definition) is 5. The van der Waals surface area contributed by atoms with Crippen LogP contribution in [0.2, 0.25) is 0 Å². The number of benzene rings is 1. The molecule has 6 nitrogen and oxygen atoms in total. The van der Waals surface area contributed by atoms with Gasteiger partial charge < -0.3 is 10.6 Å². The molecule has 20 heavy (non-hydrogen) atoms. The van der Waals surface area contributed by atoms with E-state index in [1.165, 1.54) is 30.9 Å². The molecule has 0 aliphatic heterocycles. The standard InChI is InChI=1S/C13H15N5OS/c19-12(7-14-9-1-2-9)17-10-3-5-11(6-4-10)20-13-15-8-16-18-13/h3-6,8-9,14H,1-2,7H2,(H,17,19)(H,15,16,18). The predicted molar refractivity (Wildman–Crippen MR) is 76.6 cm³/mol. The number of carbonyl (C=O) groups excluding carboxylic acids is 1. The number of carbonyl (C=O) groups is 1. The summed E-state index contributed by atoms with van der Waals surface area (Å²) in [6.45, 7) is 0.374. The maximum absolute atomic E-state index is 11.7. The van der Waals surface area contributed by atoms with Crippen LogP contribution in [0.1, 0.15) is 12.8 Å². The molecule has 1 heterocycles. The number of rotatable bonds is 6. The number of aromatic amines is 1. The lowest BCUT2D eigenvalue weighted by molar-refractivity contribution is -0.115. The van der Waals surface area contributed by atoms with E-state index in [1.54, 1.807) is 0 Å². The molecule has 1 saturated carbocycles. The molecular formula is C13H15N5OS. The summed E-state index contributed by atoms with van der Waals surface area (Å²) in [7, 11) is 0. The Balaban J connectivity index is 1.51. The number of nitrogens with one attached hydrogen (secondary N) is 3. The zero-order valence-electron chi connectivity index (χ0n) is 10.8. The molecule has 1 fully saturated rings. The summed E-state index contributed by atoms with van der Waals surface area (Å²) in [5.74, 6) is -0.00691. The highest BCUT2D eigenvalue weighted by molar-refractivity contribution is 7.99. The zero-order valence-corrected chi connectivity index (χ0v) is 11.6. The first kappa shape index (κ1) is 13.1. The Morgan fingerprint density at radius 2 is 2.15 bits per heavy atom. The third-order valence-electron chi connectivity index (χ3n) is 2.87. The maximum Gasteiger partial charge on any atom is 0.238 e. The van der Waals surface area contributed by atoms with Crippen molar-refractivity contribution >= 4 is 23.4 Å². The lowest BCUT2D eigenvalue weighted by Crippen LogP contribution is -2.29. The van der Waals surface area contributed by atoms with Crippen molar-refractivity contribution in [2.45, 2.75) is 28.9 Å². The van der Waals surface area contributed by atoms with Gasteiger partial charge >= 0.3 is 0 Å². The molecule has 2 aromatic rings. The molecule has 0 saturated heterocycles. The van der Waals surface area contributed by atoms with E-state index in [0.29, 0.717) is 12.6 Å². The number of H-pyrrole nitrogens is 1. The zero-order chi connectivity index (χ0) is 13.8. The minimum atomic E-state index is -0.00691. The first-order chi connectivity index (χ1) is 9.79. The van der Waals surface area contributed by atoms with Gasteiger partial charge in [0.1, 0.15) is 6.33 Å². The quantitative estimate of drug-likeness (QED) is 0.753. The highest BCUT2D eigenvalue weighted by atomic mass is 32.2. The first-order valence-corrected chi connectivity index (χ1v) is 7.28. The molecule has 104 valence electrons. The second-order valence-electron chi connectivity index (χ2n) is 4.62. The molecule has 1 aliphatic rings. The van der Waals surface area contributed by atoms with Gasteiger partial charge in [-0.25, -0.2) is 4.98 Å². The van der Waals surface area contributed by atoms with E-state index < -0.39 is 0 Å². The second-order valence-corrected chi connectivity index (χ2v) is 5.68. The van der Waals surface area contributed by atoms with Crippen molar-refractivity contribution in [3.05, 3.63) is 30.6 Å². The van der Waals surface area contributed by atoms with Gasteiger partial charge in [0, 0.05) is 16.6 Å². The number of nitrogens with zero attached hydrogens (tertiary/aromatic N) is 2. The van der Waals surface area contributed by atoms with Gasteiger partial charge in [-0.05, 0) is 37.1 Å². The Labute approximate surface area is 120 Å². The van der Waals surface area contributed by atoms with Crippen LogP contribution in [0.15, 0.2) is 40.6 Å². The van der Waals surface area contributed by atoms with Crippen LogP contribution in [-0.4, -0.2) is 33.7 Å². The van der Waals surface area contributed by atoms with Gasteiger partial charge in [0.15, 0.2) is 5.16 Å². The minimum absolute atomic E-state index is 0.00691. The third-order valence-corrected chi connectivity index (χ3v) is 3.77. The molecule has 0 atom stereocenters.